The molecule has 0 amide bonds. The number of fused-ring (bicyclic) bond motifs is 3. The number of benzene rings is 2. The Kier molecular flexibility index (Phi) is 7.81. The van der Waals surface area contributed by atoms with Crippen LogP contribution in [0.1, 0.15) is 75.8 Å². The average Bonchev–Trinajstić information content (AvgIpc) is 2.99. The summed E-state index contributed by atoms with van der Waals surface area (Å²) in [6, 6.07) is 4.23. The Hall–Kier alpha value is -3.00. The first-order valence-corrected chi connectivity index (χ1v) is 15.5. The van der Waals surface area contributed by atoms with Crippen LogP contribution < -0.4 is 4.74 Å². The molecule has 2 aromatic carbocycles. The van der Waals surface area contributed by atoms with Gasteiger partial charge in [0.15, 0.2) is 17.9 Å². The van der Waals surface area contributed by atoms with Crippen molar-refractivity contribution in [3.63, 3.8) is 0 Å². The van der Waals surface area contributed by atoms with E-state index in [1.54, 1.807) is 13.0 Å². The maximum absolute atomic E-state index is 13.8. The molecular formula is C31H35NO10S. The number of thioether (sulfide) groups is 1. The fourth-order valence-electron chi connectivity index (χ4n) is 6.87. The molecule has 11 nitrogen and oxygen atoms in total. The molecule has 0 spiro atoms. The van der Waals surface area contributed by atoms with Crippen molar-refractivity contribution in [2.75, 3.05) is 31.7 Å². The van der Waals surface area contributed by atoms with Gasteiger partial charge in [-0.2, -0.15) is 11.8 Å². The zero-order chi connectivity index (χ0) is 30.8. The van der Waals surface area contributed by atoms with Crippen molar-refractivity contribution in [3.05, 3.63) is 51.6 Å². The smallest absolute Gasteiger partial charge is 0.202 e. The summed E-state index contributed by atoms with van der Waals surface area (Å²) in [7, 11) is 1.36. The number of carbonyl (C=O) groups excluding carboxylic acids is 3. The Morgan fingerprint density at radius 3 is 2.47 bits per heavy atom. The third-order valence-corrected chi connectivity index (χ3v) is 10.2. The van der Waals surface area contributed by atoms with Gasteiger partial charge < -0.3 is 34.6 Å². The number of carbonyl (C=O) groups is 3. The standard InChI is InChI=1S/C31H35NO10S/c1-14-26(34)18(32-7-9-43-10-8-32)11-21(41-14)42-20-13-31(39,15(2)33)12-17-23(20)30(38)25-24(28(17)36)27(35)16-5-4-6-19(40-3)22(16)29(25)37/h4-6,14,18,20-21,26,34,36,38-39H,7-13H2,1-3H3/t14?,18?,20-,21?,26?,31-/m0/s1. The van der Waals surface area contributed by atoms with Crippen molar-refractivity contribution in [2.45, 2.75) is 69.4 Å². The first-order valence-electron chi connectivity index (χ1n) is 14.4. The van der Waals surface area contributed by atoms with Crippen LogP contribution in [0, 0.1) is 0 Å². The minimum Gasteiger partial charge on any atom is -0.507 e. The van der Waals surface area contributed by atoms with Crippen LogP contribution in [-0.2, 0) is 20.7 Å². The molecule has 6 rings (SSSR count). The molecule has 2 aliphatic heterocycles. The summed E-state index contributed by atoms with van der Waals surface area (Å²) in [6.45, 7) is 4.55. The van der Waals surface area contributed by atoms with Crippen LogP contribution in [0.2, 0.25) is 0 Å². The third-order valence-electron chi connectivity index (χ3n) is 9.24. The Labute approximate surface area is 252 Å². The minimum atomic E-state index is -1.98. The molecule has 2 aliphatic carbocycles. The number of hydrogen-bond acceptors (Lipinski definition) is 12. The van der Waals surface area contributed by atoms with Crippen LogP contribution in [0.5, 0.6) is 17.2 Å². The normalized spacial score (nSPS) is 30.8. The molecule has 6 atom stereocenters. The zero-order valence-electron chi connectivity index (χ0n) is 24.2. The van der Waals surface area contributed by atoms with Gasteiger partial charge >= 0.3 is 0 Å². The van der Waals surface area contributed by atoms with Gasteiger partial charge in [-0.1, -0.05) is 12.1 Å². The van der Waals surface area contributed by atoms with Crippen LogP contribution in [0.4, 0.5) is 0 Å². The van der Waals surface area contributed by atoms with Crippen molar-refractivity contribution in [1.29, 1.82) is 0 Å². The van der Waals surface area contributed by atoms with E-state index < -0.39 is 76.6 Å². The lowest BCUT2D eigenvalue weighted by atomic mass is 9.72. The number of Topliss-reactive ketones (excluding diaryl/α,β-unsaturated/α-hetero) is 1. The van der Waals surface area contributed by atoms with E-state index in [4.69, 9.17) is 14.2 Å². The van der Waals surface area contributed by atoms with E-state index in [1.807, 2.05) is 11.8 Å². The van der Waals surface area contributed by atoms with Gasteiger partial charge in [-0.25, -0.2) is 0 Å². The molecule has 0 bridgehead atoms. The molecule has 0 radical (unpaired) electrons. The largest absolute Gasteiger partial charge is 0.507 e. The van der Waals surface area contributed by atoms with Gasteiger partial charge in [-0.3, -0.25) is 19.3 Å². The molecule has 0 saturated carbocycles. The first kappa shape index (κ1) is 30.0. The molecule has 0 aromatic heterocycles. The SMILES string of the molecule is COc1cccc2c1C(=O)c1c(O)c3c(c(O)c1C2=O)C[C@@](O)(C(C)=O)C[C@@H]3OC1CC(N2CCSCC2)C(O)C(C)O1. The lowest BCUT2D eigenvalue weighted by Crippen LogP contribution is -2.57. The third kappa shape index (κ3) is 4.84. The fourth-order valence-corrected chi connectivity index (χ4v) is 7.80. The second kappa shape index (κ2) is 11.2. The summed E-state index contributed by atoms with van der Waals surface area (Å²) in [4.78, 5) is 42.4. The summed E-state index contributed by atoms with van der Waals surface area (Å²) >= 11 is 1.84. The van der Waals surface area contributed by atoms with Gasteiger partial charge in [0.05, 0.1) is 42.1 Å². The number of phenols is 2. The van der Waals surface area contributed by atoms with Crippen LogP contribution in [0.3, 0.4) is 0 Å². The zero-order valence-corrected chi connectivity index (χ0v) is 25.0. The Bertz CT molecular complexity index is 1500. The summed E-state index contributed by atoms with van der Waals surface area (Å²) in [5, 5.41) is 45.6. The summed E-state index contributed by atoms with van der Waals surface area (Å²) in [5.41, 5.74) is -2.85. The average molecular weight is 614 g/mol. The van der Waals surface area contributed by atoms with E-state index in [1.165, 1.54) is 26.2 Å². The van der Waals surface area contributed by atoms with Crippen LogP contribution in [-0.4, -0.2) is 105 Å². The lowest BCUT2D eigenvalue weighted by Gasteiger charge is -2.46. The van der Waals surface area contributed by atoms with E-state index in [2.05, 4.69) is 4.90 Å². The van der Waals surface area contributed by atoms with Gasteiger partial charge in [0.2, 0.25) is 5.78 Å². The van der Waals surface area contributed by atoms with Gasteiger partial charge in [-0.15, -0.1) is 0 Å². The van der Waals surface area contributed by atoms with E-state index in [-0.39, 0.29) is 46.9 Å². The quantitative estimate of drug-likeness (QED) is 0.311. The molecule has 12 heteroatoms. The highest BCUT2D eigenvalue weighted by Gasteiger charge is 2.50. The van der Waals surface area contributed by atoms with Gasteiger partial charge in [-0.05, 0) is 19.9 Å². The monoisotopic (exact) mass is 613 g/mol. The highest BCUT2D eigenvalue weighted by molar-refractivity contribution is 7.99. The molecule has 43 heavy (non-hydrogen) atoms. The number of nitrogens with zero attached hydrogens (tertiary/aromatic N) is 1. The summed E-state index contributed by atoms with van der Waals surface area (Å²) in [6.07, 6.45) is -3.86. The molecule has 4 N–H and O–H groups in total. The Balaban J connectivity index is 1.44. The van der Waals surface area contributed by atoms with E-state index in [0.29, 0.717) is 0 Å². The summed E-state index contributed by atoms with van der Waals surface area (Å²) in [5.74, 6) is -1.15. The Morgan fingerprint density at radius 2 is 1.79 bits per heavy atom. The van der Waals surface area contributed by atoms with Gasteiger partial charge in [0.25, 0.3) is 0 Å². The highest BCUT2D eigenvalue weighted by Crippen LogP contribution is 2.52. The van der Waals surface area contributed by atoms with Crippen molar-refractivity contribution in [1.82, 2.24) is 4.90 Å². The van der Waals surface area contributed by atoms with E-state index >= 15 is 0 Å². The molecule has 2 fully saturated rings. The molecule has 230 valence electrons. The highest BCUT2D eigenvalue weighted by atomic mass is 32.2. The molecule has 4 aliphatic rings. The fraction of sp³-hybridized carbons (Fsp3) is 0.516. The molecule has 2 aromatic rings. The van der Waals surface area contributed by atoms with Crippen LogP contribution in [0.25, 0.3) is 0 Å². The number of ether oxygens (including phenoxy) is 3. The number of methoxy groups -OCH3 is 1. The second-order valence-corrected chi connectivity index (χ2v) is 12.9. The van der Waals surface area contributed by atoms with E-state index in [9.17, 15) is 34.8 Å². The molecule has 2 heterocycles. The van der Waals surface area contributed by atoms with Gasteiger partial charge in [0.1, 0.15) is 22.8 Å². The summed E-state index contributed by atoms with van der Waals surface area (Å²) < 4.78 is 17.7. The van der Waals surface area contributed by atoms with Crippen molar-refractivity contribution in [2.24, 2.45) is 0 Å². The van der Waals surface area contributed by atoms with Crippen LogP contribution >= 0.6 is 11.8 Å². The maximum atomic E-state index is 13.8. The Morgan fingerprint density at radius 1 is 1.09 bits per heavy atom. The molecule has 2 saturated heterocycles. The van der Waals surface area contributed by atoms with E-state index in [0.717, 1.165) is 24.6 Å². The number of hydrogen-bond donors (Lipinski definition) is 4. The number of phenolic OH excluding ortho intramolecular Hbond substituents is 2. The number of aliphatic hydroxyl groups is 2. The number of aromatic hydroxyl groups is 2. The van der Waals surface area contributed by atoms with Gasteiger partial charge in [0, 0.05) is 66.6 Å². The minimum absolute atomic E-state index is 0.00208. The van der Waals surface area contributed by atoms with Crippen LogP contribution in [0.15, 0.2) is 18.2 Å². The van der Waals surface area contributed by atoms with Crippen molar-refractivity contribution < 1.29 is 49.0 Å². The first-order chi connectivity index (χ1) is 20.5. The predicted octanol–water partition coefficient (Wildman–Crippen LogP) is 2.12. The van der Waals surface area contributed by atoms with Crippen molar-refractivity contribution in [3.8, 4) is 17.2 Å². The number of rotatable bonds is 5. The van der Waals surface area contributed by atoms with Crippen molar-refractivity contribution >= 4 is 29.1 Å². The maximum Gasteiger partial charge on any atom is 0.202 e. The predicted molar refractivity (Wildman–Crippen MR) is 155 cm³/mol. The molecular weight excluding hydrogens is 578 g/mol. The number of aliphatic hydroxyl groups excluding tert-OH is 1. The number of ketones is 3. The molecule has 4 unspecified atom stereocenters. The second-order valence-electron chi connectivity index (χ2n) is 11.7. The lowest BCUT2D eigenvalue weighted by molar-refractivity contribution is -0.258. The topological polar surface area (TPSA) is 163 Å².